The highest BCUT2D eigenvalue weighted by Crippen LogP contribution is 2.21. The van der Waals surface area contributed by atoms with Gasteiger partial charge in [0.25, 0.3) is 0 Å². The van der Waals surface area contributed by atoms with E-state index < -0.39 is 0 Å². The van der Waals surface area contributed by atoms with E-state index >= 15 is 0 Å². The van der Waals surface area contributed by atoms with Gasteiger partial charge in [-0.1, -0.05) is 6.07 Å². The lowest BCUT2D eigenvalue weighted by Gasteiger charge is -2.11. The zero-order valence-corrected chi connectivity index (χ0v) is 12.7. The zero-order valence-electron chi connectivity index (χ0n) is 11.9. The zero-order chi connectivity index (χ0) is 14.7. The van der Waals surface area contributed by atoms with Crippen LogP contribution < -0.4 is 5.32 Å². The third-order valence-corrected chi connectivity index (χ3v) is 4.07. The summed E-state index contributed by atoms with van der Waals surface area (Å²) in [7, 11) is 1.94. The van der Waals surface area contributed by atoms with Crippen LogP contribution in [0.15, 0.2) is 36.1 Å². The number of hydrogen-bond donors (Lipinski definition) is 1. The maximum atomic E-state index is 4.61. The number of pyridine rings is 1. The van der Waals surface area contributed by atoms with Crippen LogP contribution in [0.1, 0.15) is 24.5 Å². The van der Waals surface area contributed by atoms with Gasteiger partial charge in [0.2, 0.25) is 0 Å². The predicted molar refractivity (Wildman–Crippen MR) is 81.6 cm³/mol. The molecule has 108 valence electrons. The van der Waals surface area contributed by atoms with Gasteiger partial charge in [-0.15, -0.1) is 21.5 Å². The smallest absolute Gasteiger partial charge is 0.149 e. The van der Waals surface area contributed by atoms with Crippen LogP contribution in [0.3, 0.4) is 0 Å². The standard InChI is InChI=1S/C14H16N6S/c1-10(13-19-17-9-20(13)2)16-7-11-8-21-14(18-11)12-5-3-4-6-15-12/h3-6,8-10,16H,7H2,1-2H3. The highest BCUT2D eigenvalue weighted by Gasteiger charge is 2.12. The number of hydrogen-bond acceptors (Lipinski definition) is 6. The van der Waals surface area contributed by atoms with Crippen molar-refractivity contribution in [1.29, 1.82) is 0 Å². The fourth-order valence-corrected chi connectivity index (χ4v) is 2.82. The lowest BCUT2D eigenvalue weighted by molar-refractivity contribution is 0.524. The number of rotatable bonds is 5. The van der Waals surface area contributed by atoms with Crippen LogP contribution in [0.5, 0.6) is 0 Å². The molecular formula is C14H16N6S. The van der Waals surface area contributed by atoms with Crippen LogP contribution in [0.2, 0.25) is 0 Å². The van der Waals surface area contributed by atoms with Crippen molar-refractivity contribution < 1.29 is 0 Å². The summed E-state index contributed by atoms with van der Waals surface area (Å²) in [6.45, 7) is 2.76. The van der Waals surface area contributed by atoms with Crippen LogP contribution in [-0.2, 0) is 13.6 Å². The summed E-state index contributed by atoms with van der Waals surface area (Å²) in [5.41, 5.74) is 1.92. The Morgan fingerprint density at radius 3 is 3.00 bits per heavy atom. The summed E-state index contributed by atoms with van der Waals surface area (Å²) in [6, 6.07) is 5.97. The summed E-state index contributed by atoms with van der Waals surface area (Å²) in [5, 5.41) is 14.4. The molecule has 0 spiro atoms. The minimum atomic E-state index is 0.123. The fraction of sp³-hybridized carbons (Fsp3) is 0.286. The normalized spacial score (nSPS) is 12.5. The number of nitrogens with one attached hydrogen (secondary N) is 1. The molecule has 0 saturated carbocycles. The molecule has 0 aliphatic rings. The Bertz CT molecular complexity index is 705. The quantitative estimate of drug-likeness (QED) is 0.782. The Hall–Kier alpha value is -2.12. The van der Waals surface area contributed by atoms with E-state index in [1.165, 1.54) is 0 Å². The molecule has 3 aromatic heterocycles. The highest BCUT2D eigenvalue weighted by molar-refractivity contribution is 7.13. The van der Waals surface area contributed by atoms with Crippen LogP contribution in [0.25, 0.3) is 10.7 Å². The van der Waals surface area contributed by atoms with Gasteiger partial charge in [0.05, 0.1) is 17.4 Å². The first kappa shape index (κ1) is 13.8. The summed E-state index contributed by atoms with van der Waals surface area (Å²) < 4.78 is 1.91. The molecule has 3 rings (SSSR count). The summed E-state index contributed by atoms with van der Waals surface area (Å²) >= 11 is 1.61. The molecule has 3 aromatic rings. The number of aromatic nitrogens is 5. The lowest BCUT2D eigenvalue weighted by Crippen LogP contribution is -2.21. The van der Waals surface area contributed by atoms with E-state index in [9.17, 15) is 0 Å². The first-order chi connectivity index (χ1) is 10.2. The van der Waals surface area contributed by atoms with Gasteiger partial charge in [-0.05, 0) is 19.1 Å². The molecule has 0 fully saturated rings. The summed E-state index contributed by atoms with van der Waals surface area (Å²) in [6.07, 6.45) is 3.49. The van der Waals surface area contributed by atoms with Crippen molar-refractivity contribution in [2.75, 3.05) is 0 Å². The third-order valence-electron chi connectivity index (χ3n) is 3.16. The SMILES string of the molecule is CC(NCc1csc(-c2ccccn2)n1)c1nncn1C. The van der Waals surface area contributed by atoms with Gasteiger partial charge in [0.15, 0.2) is 0 Å². The number of thiazole rings is 1. The van der Waals surface area contributed by atoms with Crippen LogP contribution in [0, 0.1) is 0 Å². The van der Waals surface area contributed by atoms with E-state index in [1.807, 2.05) is 29.8 Å². The van der Waals surface area contributed by atoms with Crippen molar-refractivity contribution in [1.82, 2.24) is 30.0 Å². The monoisotopic (exact) mass is 300 g/mol. The third kappa shape index (κ3) is 3.14. The lowest BCUT2D eigenvalue weighted by atomic mass is 10.3. The molecule has 0 saturated heterocycles. The van der Waals surface area contributed by atoms with Crippen molar-refractivity contribution >= 4 is 11.3 Å². The molecule has 0 radical (unpaired) electrons. The molecule has 1 atom stereocenters. The van der Waals surface area contributed by atoms with E-state index in [4.69, 9.17) is 0 Å². The molecule has 21 heavy (non-hydrogen) atoms. The van der Waals surface area contributed by atoms with Gasteiger partial charge in [0.1, 0.15) is 17.2 Å². The second kappa shape index (κ2) is 6.11. The average molecular weight is 300 g/mol. The van der Waals surface area contributed by atoms with Gasteiger partial charge in [-0.3, -0.25) is 4.98 Å². The largest absolute Gasteiger partial charge is 0.319 e. The molecule has 3 heterocycles. The van der Waals surface area contributed by atoms with Crippen LogP contribution in [-0.4, -0.2) is 24.7 Å². The molecule has 1 unspecified atom stereocenters. The molecule has 0 aromatic carbocycles. The van der Waals surface area contributed by atoms with E-state index in [-0.39, 0.29) is 6.04 Å². The van der Waals surface area contributed by atoms with E-state index in [2.05, 4.69) is 37.8 Å². The number of nitrogens with zero attached hydrogens (tertiary/aromatic N) is 5. The molecular weight excluding hydrogens is 284 g/mol. The minimum absolute atomic E-state index is 0.123. The van der Waals surface area contributed by atoms with Gasteiger partial charge < -0.3 is 9.88 Å². The molecule has 0 bridgehead atoms. The minimum Gasteiger partial charge on any atom is -0.319 e. The molecule has 7 heteroatoms. The van der Waals surface area contributed by atoms with Crippen LogP contribution in [0.4, 0.5) is 0 Å². The van der Waals surface area contributed by atoms with Gasteiger partial charge in [-0.2, -0.15) is 0 Å². The predicted octanol–water partition coefficient (Wildman–Crippen LogP) is 2.18. The maximum Gasteiger partial charge on any atom is 0.149 e. The maximum absolute atomic E-state index is 4.61. The summed E-state index contributed by atoms with van der Waals surface area (Å²) in [4.78, 5) is 8.92. The van der Waals surface area contributed by atoms with Crippen molar-refractivity contribution in [3.8, 4) is 10.7 Å². The molecule has 0 amide bonds. The first-order valence-electron chi connectivity index (χ1n) is 6.67. The summed E-state index contributed by atoms with van der Waals surface area (Å²) in [5.74, 6) is 0.912. The van der Waals surface area contributed by atoms with E-state index in [1.54, 1.807) is 23.9 Å². The van der Waals surface area contributed by atoms with Gasteiger partial charge in [0, 0.05) is 25.2 Å². The average Bonchev–Trinajstić information content (AvgIpc) is 3.15. The Labute approximate surface area is 126 Å². The van der Waals surface area contributed by atoms with Crippen molar-refractivity contribution in [2.45, 2.75) is 19.5 Å². The van der Waals surface area contributed by atoms with Crippen LogP contribution >= 0.6 is 11.3 Å². The second-order valence-electron chi connectivity index (χ2n) is 4.76. The number of aryl methyl sites for hydroxylation is 1. The Morgan fingerprint density at radius 2 is 2.29 bits per heavy atom. The Morgan fingerprint density at radius 1 is 1.38 bits per heavy atom. The van der Waals surface area contributed by atoms with Crippen molar-refractivity contribution in [3.63, 3.8) is 0 Å². The highest BCUT2D eigenvalue weighted by atomic mass is 32.1. The van der Waals surface area contributed by atoms with Gasteiger partial charge >= 0.3 is 0 Å². The topological polar surface area (TPSA) is 68.5 Å². The fourth-order valence-electron chi connectivity index (χ4n) is 2.03. The second-order valence-corrected chi connectivity index (χ2v) is 5.62. The van der Waals surface area contributed by atoms with E-state index in [0.717, 1.165) is 22.2 Å². The van der Waals surface area contributed by atoms with E-state index in [0.29, 0.717) is 6.54 Å². The Kier molecular flexibility index (Phi) is 4.03. The first-order valence-corrected chi connectivity index (χ1v) is 7.55. The molecule has 1 N–H and O–H groups in total. The Balaban J connectivity index is 1.64. The van der Waals surface area contributed by atoms with Gasteiger partial charge in [-0.25, -0.2) is 4.98 Å². The molecule has 0 aliphatic heterocycles. The van der Waals surface area contributed by atoms with Crippen molar-refractivity contribution in [3.05, 3.63) is 47.6 Å². The molecule has 6 nitrogen and oxygen atoms in total. The molecule has 0 aliphatic carbocycles. The van der Waals surface area contributed by atoms with Crippen molar-refractivity contribution in [2.24, 2.45) is 7.05 Å².